The van der Waals surface area contributed by atoms with Gasteiger partial charge in [0.15, 0.2) is 0 Å². The van der Waals surface area contributed by atoms with Crippen LogP contribution in [-0.2, 0) is 10.0 Å². The van der Waals surface area contributed by atoms with Crippen molar-refractivity contribution in [1.29, 1.82) is 0 Å². The summed E-state index contributed by atoms with van der Waals surface area (Å²) >= 11 is 12.5. The fourth-order valence-corrected chi connectivity index (χ4v) is 4.70. The van der Waals surface area contributed by atoms with Gasteiger partial charge in [0.25, 0.3) is 10.0 Å². The van der Waals surface area contributed by atoms with Gasteiger partial charge in [0.2, 0.25) is 0 Å². The summed E-state index contributed by atoms with van der Waals surface area (Å²) in [6.45, 7) is 5.76. The Labute approximate surface area is 128 Å². The summed E-state index contributed by atoms with van der Waals surface area (Å²) < 4.78 is 27.3. The molecule has 0 spiro atoms. The lowest BCUT2D eigenvalue weighted by Gasteiger charge is -2.13. The highest BCUT2D eigenvalue weighted by atomic mass is 35.5. The van der Waals surface area contributed by atoms with Crippen LogP contribution in [0.15, 0.2) is 22.9 Å². The highest BCUT2D eigenvalue weighted by Crippen LogP contribution is 2.34. The van der Waals surface area contributed by atoms with Crippen LogP contribution in [0.2, 0.25) is 9.36 Å². The van der Waals surface area contributed by atoms with Crippen LogP contribution in [0.4, 0.5) is 0 Å². The second-order valence-electron chi connectivity index (χ2n) is 4.15. The maximum absolute atomic E-state index is 12.1. The molecule has 0 aliphatic rings. The molecule has 0 radical (unpaired) electrons. The van der Waals surface area contributed by atoms with E-state index < -0.39 is 10.0 Å². The fourth-order valence-electron chi connectivity index (χ4n) is 1.56. The van der Waals surface area contributed by atoms with Crippen molar-refractivity contribution in [3.8, 4) is 0 Å². The van der Waals surface area contributed by atoms with Crippen LogP contribution in [0, 0.1) is 0 Å². The Morgan fingerprint density at radius 2 is 2.16 bits per heavy atom. The minimum absolute atomic E-state index is 0.129. The van der Waals surface area contributed by atoms with Gasteiger partial charge in [-0.3, -0.25) is 0 Å². The third kappa shape index (κ3) is 5.08. The number of rotatable bonds is 8. The molecule has 0 aromatic carbocycles. The molecule has 19 heavy (non-hydrogen) atoms. The Kier molecular flexibility index (Phi) is 6.83. The summed E-state index contributed by atoms with van der Waals surface area (Å²) in [5.41, 5.74) is 0. The van der Waals surface area contributed by atoms with Crippen molar-refractivity contribution < 1.29 is 8.42 Å². The Morgan fingerprint density at radius 1 is 1.47 bits per heavy atom. The van der Waals surface area contributed by atoms with Gasteiger partial charge in [-0.25, -0.2) is 13.1 Å². The molecule has 108 valence electrons. The Bertz CT molecular complexity index is 506. The van der Waals surface area contributed by atoms with Gasteiger partial charge in [-0.15, -0.1) is 17.9 Å². The number of hydrogen-bond donors (Lipinski definition) is 1. The first-order chi connectivity index (χ1) is 8.90. The summed E-state index contributed by atoms with van der Waals surface area (Å²) in [5.74, 6) is 0. The van der Waals surface area contributed by atoms with Gasteiger partial charge in [0.05, 0.1) is 5.02 Å². The highest BCUT2D eigenvalue weighted by molar-refractivity contribution is 7.91. The van der Waals surface area contributed by atoms with Crippen molar-refractivity contribution in [2.75, 3.05) is 0 Å². The molecule has 3 nitrogen and oxygen atoms in total. The number of hydrogen-bond acceptors (Lipinski definition) is 3. The van der Waals surface area contributed by atoms with Crippen LogP contribution in [0.25, 0.3) is 0 Å². The molecule has 0 aliphatic heterocycles. The molecule has 0 saturated heterocycles. The first-order valence-corrected chi connectivity index (χ1v) is 9.06. The van der Waals surface area contributed by atoms with E-state index in [1.165, 1.54) is 6.07 Å². The number of unbranched alkanes of at least 4 members (excludes halogenated alkanes) is 2. The summed E-state index contributed by atoms with van der Waals surface area (Å²) in [6.07, 6.45) is 5.48. The molecule has 0 bridgehead atoms. The van der Waals surface area contributed by atoms with E-state index in [1.54, 1.807) is 6.08 Å². The topological polar surface area (TPSA) is 46.2 Å². The molecule has 1 aromatic rings. The van der Waals surface area contributed by atoms with Crippen LogP contribution in [0.3, 0.4) is 0 Å². The Balaban J connectivity index is 2.74. The third-order valence-electron chi connectivity index (χ3n) is 2.60. The fraction of sp³-hybridized carbons (Fsp3) is 0.500. The van der Waals surface area contributed by atoms with Crippen molar-refractivity contribution in [2.24, 2.45) is 0 Å². The summed E-state index contributed by atoms with van der Waals surface area (Å²) in [6, 6.07) is 1.10. The second-order valence-corrected chi connectivity index (χ2v) is 8.15. The molecule has 0 saturated carbocycles. The van der Waals surface area contributed by atoms with E-state index in [4.69, 9.17) is 23.2 Å². The van der Waals surface area contributed by atoms with Crippen LogP contribution >= 0.6 is 34.5 Å². The van der Waals surface area contributed by atoms with E-state index in [-0.39, 0.29) is 19.6 Å². The van der Waals surface area contributed by atoms with Gasteiger partial charge < -0.3 is 0 Å². The van der Waals surface area contributed by atoms with Crippen molar-refractivity contribution >= 4 is 44.6 Å². The number of sulfonamides is 1. The Hall–Kier alpha value is -0.0700. The maximum Gasteiger partial charge on any atom is 0.250 e. The zero-order valence-corrected chi connectivity index (χ0v) is 13.8. The van der Waals surface area contributed by atoms with Gasteiger partial charge in [0, 0.05) is 6.04 Å². The van der Waals surface area contributed by atoms with E-state index in [0.29, 0.717) is 0 Å². The zero-order valence-electron chi connectivity index (χ0n) is 10.7. The van der Waals surface area contributed by atoms with E-state index in [2.05, 4.69) is 18.2 Å². The van der Waals surface area contributed by atoms with Gasteiger partial charge in [0.1, 0.15) is 8.55 Å². The minimum atomic E-state index is -3.58. The molecule has 0 amide bonds. The molecule has 1 unspecified atom stereocenters. The molecular weight excluding hydrogens is 325 g/mol. The molecule has 0 aliphatic carbocycles. The molecule has 1 rings (SSSR count). The molecule has 1 aromatic heterocycles. The van der Waals surface area contributed by atoms with Crippen LogP contribution in [-0.4, -0.2) is 14.5 Å². The smallest absolute Gasteiger partial charge is 0.206 e. The van der Waals surface area contributed by atoms with Gasteiger partial charge >= 0.3 is 0 Å². The van der Waals surface area contributed by atoms with Crippen LogP contribution in [0.1, 0.15) is 32.6 Å². The highest BCUT2D eigenvalue weighted by Gasteiger charge is 2.21. The number of nitrogens with one attached hydrogen (secondary N) is 1. The quantitative estimate of drug-likeness (QED) is 0.560. The molecule has 0 fully saturated rings. The van der Waals surface area contributed by atoms with Crippen molar-refractivity contribution in [2.45, 2.75) is 42.9 Å². The van der Waals surface area contributed by atoms with Crippen molar-refractivity contribution in [3.05, 3.63) is 28.1 Å². The largest absolute Gasteiger partial charge is 0.250 e. The SMILES string of the molecule is C=CC(CCCCC)NS(=O)(=O)c1cc(Cl)c(Cl)s1. The van der Waals surface area contributed by atoms with Gasteiger partial charge in [-0.05, 0) is 12.5 Å². The predicted molar refractivity (Wildman–Crippen MR) is 82.8 cm³/mol. The average molecular weight is 342 g/mol. The first-order valence-electron chi connectivity index (χ1n) is 6.00. The molecule has 1 N–H and O–H groups in total. The molecule has 1 atom stereocenters. The van der Waals surface area contributed by atoms with E-state index in [0.717, 1.165) is 37.0 Å². The van der Waals surface area contributed by atoms with Crippen LogP contribution < -0.4 is 4.72 Å². The predicted octanol–water partition coefficient (Wildman–Crippen LogP) is 4.47. The Morgan fingerprint density at radius 3 is 2.63 bits per heavy atom. The second kappa shape index (κ2) is 7.64. The van der Waals surface area contributed by atoms with Gasteiger partial charge in [-0.2, -0.15) is 0 Å². The van der Waals surface area contributed by atoms with E-state index in [1.807, 2.05) is 0 Å². The lowest BCUT2D eigenvalue weighted by molar-refractivity contribution is 0.550. The summed E-state index contributed by atoms with van der Waals surface area (Å²) in [4.78, 5) is 0. The zero-order chi connectivity index (χ0) is 14.5. The summed E-state index contributed by atoms with van der Waals surface area (Å²) in [5, 5.41) is 0.258. The molecule has 7 heteroatoms. The van der Waals surface area contributed by atoms with Crippen molar-refractivity contribution in [1.82, 2.24) is 4.72 Å². The first kappa shape index (κ1) is 17.0. The summed E-state index contributed by atoms with van der Waals surface area (Å²) in [7, 11) is -3.58. The maximum atomic E-state index is 12.1. The lowest BCUT2D eigenvalue weighted by Crippen LogP contribution is -2.32. The normalized spacial score (nSPS) is 13.4. The van der Waals surface area contributed by atoms with Gasteiger partial charge in [-0.1, -0.05) is 55.5 Å². The number of thiophene rings is 1. The minimum Gasteiger partial charge on any atom is -0.206 e. The molecule has 1 heterocycles. The van der Waals surface area contributed by atoms with Crippen molar-refractivity contribution in [3.63, 3.8) is 0 Å². The van der Waals surface area contributed by atoms with E-state index >= 15 is 0 Å². The third-order valence-corrected chi connectivity index (χ3v) is 6.43. The lowest BCUT2D eigenvalue weighted by atomic mass is 10.1. The van der Waals surface area contributed by atoms with E-state index in [9.17, 15) is 8.42 Å². The van der Waals surface area contributed by atoms with Crippen LogP contribution in [0.5, 0.6) is 0 Å². The molecular formula is C12H17Cl2NO2S2. The standard InChI is InChI=1S/C12H17Cl2NO2S2/c1-3-5-6-7-9(4-2)15-19(16,17)11-8-10(13)12(14)18-11/h4,8-9,15H,2-3,5-7H2,1H3. The number of halogens is 2. The average Bonchev–Trinajstić information content (AvgIpc) is 2.69. The monoisotopic (exact) mass is 341 g/mol.